The van der Waals surface area contributed by atoms with Crippen LogP contribution in [0.25, 0.3) is 5.65 Å². The van der Waals surface area contributed by atoms with Gasteiger partial charge >= 0.3 is 0 Å². The highest BCUT2D eigenvalue weighted by atomic mass is 35.5. The van der Waals surface area contributed by atoms with Crippen LogP contribution >= 0.6 is 11.6 Å². The second-order valence-corrected chi connectivity index (χ2v) is 4.89. The number of halogens is 1. The summed E-state index contributed by atoms with van der Waals surface area (Å²) >= 11 is 5.74. The molecule has 2 heterocycles. The van der Waals surface area contributed by atoms with Gasteiger partial charge in [-0.05, 0) is 24.3 Å². The van der Waals surface area contributed by atoms with Crippen LogP contribution in [0.5, 0.6) is 0 Å². The normalized spacial score (nSPS) is 10.7. The van der Waals surface area contributed by atoms with Crippen LogP contribution in [-0.4, -0.2) is 21.2 Å². The zero-order chi connectivity index (χ0) is 14.7. The number of carbonyl (C=O) groups excluding carboxylic acids is 1. The van der Waals surface area contributed by atoms with Gasteiger partial charge in [0.05, 0.1) is 18.4 Å². The number of benzene rings is 1. The van der Waals surface area contributed by atoms with E-state index in [0.717, 1.165) is 17.0 Å². The largest absolute Gasteiger partial charge is 0.305 e. The van der Waals surface area contributed by atoms with Crippen molar-refractivity contribution in [1.29, 1.82) is 0 Å². The Morgan fingerprint density at radius 1 is 1.14 bits per heavy atom. The zero-order valence-electron chi connectivity index (χ0n) is 11.3. The highest BCUT2D eigenvalue weighted by Gasteiger charge is 2.16. The third-order valence-corrected chi connectivity index (χ3v) is 3.53. The molecule has 5 heteroatoms. The summed E-state index contributed by atoms with van der Waals surface area (Å²) in [6.07, 6.45) is 3.72. The van der Waals surface area contributed by atoms with Crippen LogP contribution < -0.4 is 4.90 Å². The van der Waals surface area contributed by atoms with Gasteiger partial charge in [0.15, 0.2) is 0 Å². The number of hydrogen-bond donors (Lipinski definition) is 0. The molecule has 2 aromatic heterocycles. The number of fused-ring (bicyclic) bond motifs is 1. The number of nitrogens with zero attached hydrogens (tertiary/aromatic N) is 3. The molecule has 0 N–H and O–H groups in total. The third kappa shape index (κ3) is 2.76. The first-order valence-electron chi connectivity index (χ1n) is 6.62. The molecule has 0 radical (unpaired) electrons. The lowest BCUT2D eigenvalue weighted by Crippen LogP contribution is -2.31. The highest BCUT2D eigenvalue weighted by Crippen LogP contribution is 2.18. The number of pyridine rings is 1. The maximum atomic E-state index is 12.1. The molecule has 4 nitrogen and oxygen atoms in total. The number of anilines is 1. The summed E-state index contributed by atoms with van der Waals surface area (Å²) in [6, 6.07) is 15.3. The van der Waals surface area contributed by atoms with Gasteiger partial charge in [-0.2, -0.15) is 0 Å². The van der Waals surface area contributed by atoms with Crippen LogP contribution in [-0.2, 0) is 11.3 Å². The van der Waals surface area contributed by atoms with Crippen LogP contribution in [0, 0.1) is 0 Å². The van der Waals surface area contributed by atoms with Gasteiger partial charge in [-0.1, -0.05) is 24.3 Å². The van der Waals surface area contributed by atoms with E-state index < -0.39 is 0 Å². The van der Waals surface area contributed by atoms with Gasteiger partial charge in [0.2, 0.25) is 5.91 Å². The SMILES string of the molecule is O=C(CCl)N(Cc1cnc2ccccn12)c1ccccc1. The Morgan fingerprint density at radius 3 is 2.67 bits per heavy atom. The van der Waals surface area contributed by atoms with Crippen molar-refractivity contribution in [3.05, 3.63) is 66.6 Å². The van der Waals surface area contributed by atoms with Crippen molar-refractivity contribution in [1.82, 2.24) is 9.38 Å². The van der Waals surface area contributed by atoms with Crippen molar-refractivity contribution in [3.8, 4) is 0 Å². The lowest BCUT2D eigenvalue weighted by Gasteiger charge is -2.21. The van der Waals surface area contributed by atoms with E-state index in [-0.39, 0.29) is 11.8 Å². The number of imidazole rings is 1. The standard InChI is InChI=1S/C16H14ClN3O/c17-10-16(21)20(13-6-2-1-3-7-13)12-14-11-18-15-8-4-5-9-19(14)15/h1-9,11H,10,12H2. The molecule has 0 saturated heterocycles. The van der Waals surface area contributed by atoms with Crippen LogP contribution in [0.2, 0.25) is 0 Å². The third-order valence-electron chi connectivity index (χ3n) is 3.30. The van der Waals surface area contributed by atoms with E-state index in [1.54, 1.807) is 11.1 Å². The number of amides is 1. The van der Waals surface area contributed by atoms with E-state index in [4.69, 9.17) is 11.6 Å². The average molecular weight is 300 g/mol. The Hall–Kier alpha value is -2.33. The average Bonchev–Trinajstić information content (AvgIpc) is 2.96. The molecule has 106 valence electrons. The topological polar surface area (TPSA) is 37.6 Å². The molecule has 3 rings (SSSR count). The molecule has 0 spiro atoms. The first kappa shape index (κ1) is 13.6. The Bertz CT molecular complexity index is 754. The Balaban J connectivity index is 1.97. The highest BCUT2D eigenvalue weighted by molar-refractivity contribution is 6.29. The summed E-state index contributed by atoms with van der Waals surface area (Å²) in [5.74, 6) is -0.181. The minimum absolute atomic E-state index is 0.0500. The second kappa shape index (κ2) is 5.97. The lowest BCUT2D eigenvalue weighted by molar-refractivity contribution is -0.116. The van der Waals surface area contributed by atoms with Crippen molar-refractivity contribution in [2.75, 3.05) is 10.8 Å². The van der Waals surface area contributed by atoms with Crippen LogP contribution in [0.4, 0.5) is 5.69 Å². The van der Waals surface area contributed by atoms with Crippen molar-refractivity contribution < 1.29 is 4.79 Å². The van der Waals surface area contributed by atoms with E-state index in [1.165, 1.54) is 0 Å². The maximum Gasteiger partial charge on any atom is 0.242 e. The molecular formula is C16H14ClN3O. The number of hydrogen-bond acceptors (Lipinski definition) is 2. The molecule has 0 atom stereocenters. The minimum atomic E-state index is -0.131. The molecule has 0 saturated carbocycles. The smallest absolute Gasteiger partial charge is 0.242 e. The molecule has 0 fully saturated rings. The molecule has 21 heavy (non-hydrogen) atoms. The Kier molecular flexibility index (Phi) is 3.88. The quantitative estimate of drug-likeness (QED) is 0.694. The van der Waals surface area contributed by atoms with Gasteiger partial charge in [0.25, 0.3) is 0 Å². The van der Waals surface area contributed by atoms with Crippen molar-refractivity contribution in [3.63, 3.8) is 0 Å². The summed E-state index contributed by atoms with van der Waals surface area (Å²) < 4.78 is 1.97. The van der Waals surface area contributed by atoms with E-state index in [9.17, 15) is 4.79 Å². The summed E-state index contributed by atoms with van der Waals surface area (Å²) in [5.41, 5.74) is 2.63. The Labute approximate surface area is 127 Å². The van der Waals surface area contributed by atoms with Gasteiger partial charge in [-0.3, -0.25) is 4.79 Å². The van der Waals surface area contributed by atoms with Crippen molar-refractivity contribution in [2.24, 2.45) is 0 Å². The number of rotatable bonds is 4. The number of carbonyl (C=O) groups is 1. The summed E-state index contributed by atoms with van der Waals surface area (Å²) in [7, 11) is 0. The van der Waals surface area contributed by atoms with Crippen LogP contribution in [0.15, 0.2) is 60.9 Å². The first-order valence-corrected chi connectivity index (χ1v) is 7.15. The van der Waals surface area contributed by atoms with E-state index in [2.05, 4.69) is 4.98 Å². The predicted molar refractivity (Wildman–Crippen MR) is 83.5 cm³/mol. The fraction of sp³-hybridized carbons (Fsp3) is 0.125. The minimum Gasteiger partial charge on any atom is -0.305 e. The predicted octanol–water partition coefficient (Wildman–Crippen LogP) is 3.11. The van der Waals surface area contributed by atoms with Crippen LogP contribution in [0.1, 0.15) is 5.69 Å². The van der Waals surface area contributed by atoms with Crippen LogP contribution in [0.3, 0.4) is 0 Å². The molecule has 0 bridgehead atoms. The molecule has 3 aromatic rings. The monoisotopic (exact) mass is 299 g/mol. The molecule has 1 amide bonds. The fourth-order valence-corrected chi connectivity index (χ4v) is 2.41. The summed E-state index contributed by atoms with van der Waals surface area (Å²) in [6.45, 7) is 0.431. The zero-order valence-corrected chi connectivity index (χ0v) is 12.1. The number of alkyl halides is 1. The van der Waals surface area contributed by atoms with Gasteiger partial charge in [-0.25, -0.2) is 4.98 Å². The second-order valence-electron chi connectivity index (χ2n) is 4.63. The molecule has 0 aliphatic rings. The molecule has 0 aliphatic heterocycles. The van der Waals surface area contributed by atoms with E-state index >= 15 is 0 Å². The Morgan fingerprint density at radius 2 is 1.90 bits per heavy atom. The molecule has 0 aliphatic carbocycles. The van der Waals surface area contributed by atoms with E-state index in [0.29, 0.717) is 6.54 Å². The first-order chi connectivity index (χ1) is 10.3. The van der Waals surface area contributed by atoms with E-state index in [1.807, 2.05) is 59.1 Å². The van der Waals surface area contributed by atoms with Gasteiger partial charge in [0, 0.05) is 11.9 Å². The van der Waals surface area contributed by atoms with Gasteiger partial charge < -0.3 is 9.30 Å². The molecule has 0 unspecified atom stereocenters. The van der Waals surface area contributed by atoms with Gasteiger partial charge in [0.1, 0.15) is 11.5 Å². The van der Waals surface area contributed by atoms with Crippen molar-refractivity contribution >= 4 is 28.8 Å². The van der Waals surface area contributed by atoms with Gasteiger partial charge in [-0.15, -0.1) is 11.6 Å². The lowest BCUT2D eigenvalue weighted by atomic mass is 10.2. The number of para-hydroxylation sites is 1. The maximum absolute atomic E-state index is 12.1. The summed E-state index contributed by atoms with van der Waals surface area (Å²) in [5, 5.41) is 0. The molecular weight excluding hydrogens is 286 g/mol. The molecule has 1 aromatic carbocycles. The number of aromatic nitrogens is 2. The summed E-state index contributed by atoms with van der Waals surface area (Å²) in [4.78, 5) is 18.2. The fourth-order valence-electron chi connectivity index (χ4n) is 2.27. The van der Waals surface area contributed by atoms with Crippen molar-refractivity contribution in [2.45, 2.75) is 6.54 Å².